The van der Waals surface area contributed by atoms with E-state index in [1.54, 1.807) is 0 Å². The second-order valence-corrected chi connectivity index (χ2v) is 2.61. The molecule has 1 aliphatic heterocycles. The predicted molar refractivity (Wildman–Crippen MR) is 34.3 cm³/mol. The molecule has 10 heavy (non-hydrogen) atoms. The van der Waals surface area contributed by atoms with Gasteiger partial charge in [0.05, 0.1) is 6.10 Å². The van der Waals surface area contributed by atoms with Crippen LogP contribution in [0, 0.1) is 5.92 Å². The van der Waals surface area contributed by atoms with Gasteiger partial charge in [0.25, 0.3) is 0 Å². The number of halogens is 1. The minimum Gasteiger partial charge on any atom is -0.396 e. The Hall–Kier alpha value is -0.190. The van der Waals surface area contributed by atoms with Gasteiger partial charge < -0.3 is 15.5 Å². The normalized spacial score (nSPS) is 41.7. The number of aliphatic hydroxyl groups excluding tert-OH is 2. The summed E-state index contributed by atoms with van der Waals surface area (Å²) in [6.45, 7) is 0.532. The zero-order valence-electron chi connectivity index (χ0n) is 5.63. The Labute approximate surface area is 58.9 Å². The molecule has 3 N–H and O–H groups in total. The maximum atomic E-state index is 12.6. The van der Waals surface area contributed by atoms with Crippen LogP contribution < -0.4 is 5.32 Å². The molecule has 3 atom stereocenters. The number of aliphatic hydroxyl groups is 2. The molecule has 0 bridgehead atoms. The molecule has 1 saturated heterocycles. The molecule has 1 rings (SSSR count). The molecule has 0 amide bonds. The predicted octanol–water partition coefficient (Wildman–Crippen LogP) is -1.10. The van der Waals surface area contributed by atoms with Crippen molar-refractivity contribution >= 4 is 0 Å². The van der Waals surface area contributed by atoms with Gasteiger partial charge in [0, 0.05) is 25.6 Å². The zero-order chi connectivity index (χ0) is 7.56. The number of rotatable bonds is 1. The van der Waals surface area contributed by atoms with Crippen LogP contribution in [0.25, 0.3) is 0 Å². The second kappa shape index (κ2) is 3.27. The standard InChI is InChI=1S/C6H12FNO2/c7-5-2-8-1-4(3-9)6(5)10/h4-6,8-10H,1-3H2/t4-,5-,6-/m1/s1. The Morgan fingerprint density at radius 1 is 1.50 bits per heavy atom. The molecule has 0 aromatic heterocycles. The minimum absolute atomic E-state index is 0.158. The van der Waals surface area contributed by atoms with Gasteiger partial charge in [-0.2, -0.15) is 0 Å². The summed E-state index contributed by atoms with van der Waals surface area (Å²) in [5.74, 6) is -0.344. The van der Waals surface area contributed by atoms with E-state index in [0.717, 1.165) is 0 Å². The molecule has 60 valence electrons. The number of nitrogens with one attached hydrogen (secondary N) is 1. The van der Waals surface area contributed by atoms with Crippen molar-refractivity contribution in [1.29, 1.82) is 0 Å². The molecule has 1 aliphatic rings. The number of alkyl halides is 1. The minimum atomic E-state index is -1.23. The van der Waals surface area contributed by atoms with E-state index < -0.39 is 12.3 Å². The van der Waals surface area contributed by atoms with Crippen molar-refractivity contribution in [3.8, 4) is 0 Å². The van der Waals surface area contributed by atoms with Crippen LogP contribution in [0.5, 0.6) is 0 Å². The lowest BCUT2D eigenvalue weighted by Gasteiger charge is -2.29. The fourth-order valence-corrected chi connectivity index (χ4v) is 1.12. The van der Waals surface area contributed by atoms with Crippen LogP contribution in [0.15, 0.2) is 0 Å². The van der Waals surface area contributed by atoms with Crippen LogP contribution in [-0.4, -0.2) is 42.2 Å². The number of hydrogen-bond acceptors (Lipinski definition) is 3. The Morgan fingerprint density at radius 3 is 2.70 bits per heavy atom. The van der Waals surface area contributed by atoms with E-state index in [4.69, 9.17) is 10.2 Å². The van der Waals surface area contributed by atoms with Crippen molar-refractivity contribution in [2.45, 2.75) is 12.3 Å². The van der Waals surface area contributed by atoms with Gasteiger partial charge in [-0.1, -0.05) is 0 Å². The monoisotopic (exact) mass is 149 g/mol. The van der Waals surface area contributed by atoms with Crippen molar-refractivity contribution < 1.29 is 14.6 Å². The first kappa shape index (κ1) is 7.91. The topological polar surface area (TPSA) is 52.5 Å². The van der Waals surface area contributed by atoms with Crippen LogP contribution in [0.4, 0.5) is 4.39 Å². The van der Waals surface area contributed by atoms with Crippen LogP contribution in [-0.2, 0) is 0 Å². The first-order chi connectivity index (χ1) is 4.75. The summed E-state index contributed by atoms with van der Waals surface area (Å²) in [5.41, 5.74) is 0. The lowest BCUT2D eigenvalue weighted by atomic mass is 9.96. The zero-order valence-corrected chi connectivity index (χ0v) is 5.63. The summed E-state index contributed by atoms with van der Waals surface area (Å²) in [7, 11) is 0. The Kier molecular flexibility index (Phi) is 2.59. The van der Waals surface area contributed by atoms with Gasteiger partial charge in [0.1, 0.15) is 6.17 Å². The smallest absolute Gasteiger partial charge is 0.139 e. The van der Waals surface area contributed by atoms with Gasteiger partial charge in [-0.15, -0.1) is 0 Å². The van der Waals surface area contributed by atoms with Crippen molar-refractivity contribution in [3.05, 3.63) is 0 Å². The van der Waals surface area contributed by atoms with Gasteiger partial charge in [-0.05, 0) is 0 Å². The lowest BCUT2D eigenvalue weighted by molar-refractivity contribution is -0.0122. The quantitative estimate of drug-likeness (QED) is 0.443. The van der Waals surface area contributed by atoms with Crippen LogP contribution in [0.1, 0.15) is 0 Å². The van der Waals surface area contributed by atoms with Crippen molar-refractivity contribution in [2.75, 3.05) is 19.7 Å². The molecule has 0 aromatic rings. The van der Waals surface area contributed by atoms with Crippen molar-refractivity contribution in [3.63, 3.8) is 0 Å². The lowest BCUT2D eigenvalue weighted by Crippen LogP contribution is -2.49. The average molecular weight is 149 g/mol. The van der Waals surface area contributed by atoms with Gasteiger partial charge in [0.2, 0.25) is 0 Å². The maximum Gasteiger partial charge on any atom is 0.139 e. The highest BCUT2D eigenvalue weighted by molar-refractivity contribution is 4.83. The molecule has 0 spiro atoms. The number of piperidine rings is 1. The first-order valence-corrected chi connectivity index (χ1v) is 3.39. The average Bonchev–Trinajstić information content (AvgIpc) is 1.95. The highest BCUT2D eigenvalue weighted by Crippen LogP contribution is 2.13. The van der Waals surface area contributed by atoms with E-state index in [9.17, 15) is 4.39 Å². The van der Waals surface area contributed by atoms with E-state index in [-0.39, 0.29) is 19.1 Å². The fourth-order valence-electron chi connectivity index (χ4n) is 1.12. The van der Waals surface area contributed by atoms with E-state index in [1.165, 1.54) is 0 Å². The fraction of sp³-hybridized carbons (Fsp3) is 1.00. The number of hydrogen-bond donors (Lipinski definition) is 3. The van der Waals surface area contributed by atoms with E-state index >= 15 is 0 Å². The summed E-state index contributed by atoms with van der Waals surface area (Å²) in [6, 6.07) is 0. The largest absolute Gasteiger partial charge is 0.396 e. The molecule has 0 aromatic carbocycles. The maximum absolute atomic E-state index is 12.6. The highest BCUT2D eigenvalue weighted by atomic mass is 19.1. The molecule has 0 unspecified atom stereocenters. The molecule has 0 aliphatic carbocycles. The van der Waals surface area contributed by atoms with Gasteiger partial charge in [-0.25, -0.2) is 4.39 Å². The molecule has 1 fully saturated rings. The van der Waals surface area contributed by atoms with E-state index in [0.29, 0.717) is 6.54 Å². The molecule has 3 nitrogen and oxygen atoms in total. The summed E-state index contributed by atoms with van der Waals surface area (Å²) < 4.78 is 12.6. The van der Waals surface area contributed by atoms with E-state index in [2.05, 4.69) is 5.32 Å². The third-order valence-corrected chi connectivity index (χ3v) is 1.83. The summed E-state index contributed by atoms with van der Waals surface area (Å²) in [6.07, 6.45) is -2.22. The molecular formula is C6H12FNO2. The van der Waals surface area contributed by atoms with Crippen LogP contribution in [0.2, 0.25) is 0 Å². The third kappa shape index (κ3) is 1.45. The van der Waals surface area contributed by atoms with Gasteiger partial charge in [0.15, 0.2) is 0 Å². The Balaban J connectivity index is 2.42. The van der Waals surface area contributed by atoms with Crippen LogP contribution >= 0.6 is 0 Å². The van der Waals surface area contributed by atoms with Gasteiger partial charge >= 0.3 is 0 Å². The molecule has 4 heteroatoms. The second-order valence-electron chi connectivity index (χ2n) is 2.61. The highest BCUT2D eigenvalue weighted by Gasteiger charge is 2.30. The van der Waals surface area contributed by atoms with E-state index in [1.807, 2.05) is 0 Å². The van der Waals surface area contributed by atoms with Crippen molar-refractivity contribution in [1.82, 2.24) is 5.32 Å². The third-order valence-electron chi connectivity index (χ3n) is 1.83. The molecule has 0 saturated carbocycles. The summed E-state index contributed by atoms with van der Waals surface area (Å²) >= 11 is 0. The summed E-state index contributed by atoms with van der Waals surface area (Å²) in [4.78, 5) is 0. The van der Waals surface area contributed by atoms with Gasteiger partial charge in [-0.3, -0.25) is 0 Å². The van der Waals surface area contributed by atoms with Crippen molar-refractivity contribution in [2.24, 2.45) is 5.92 Å². The molecule has 1 heterocycles. The van der Waals surface area contributed by atoms with Crippen LogP contribution in [0.3, 0.4) is 0 Å². The summed E-state index contributed by atoms with van der Waals surface area (Å²) in [5, 5.41) is 20.4. The first-order valence-electron chi connectivity index (χ1n) is 3.39. The molecular weight excluding hydrogens is 137 g/mol. The Bertz CT molecular complexity index is 112. The Morgan fingerprint density at radius 2 is 2.20 bits per heavy atom. The molecule has 0 radical (unpaired) electrons. The SMILES string of the molecule is OC[C@H]1CNC[C@@H](F)[C@@H]1O.